The van der Waals surface area contributed by atoms with Gasteiger partial charge in [-0.1, -0.05) is 0 Å². The average Bonchev–Trinajstić information content (AvgIpc) is 2.06. The Kier molecular flexibility index (Phi) is 3.14. The molecule has 1 unspecified atom stereocenters. The maximum atomic E-state index is 12.9. The number of carbonyl (C=O) groups excluding carboxylic acids is 1. The van der Waals surface area contributed by atoms with Crippen molar-refractivity contribution in [3.05, 3.63) is 24.2 Å². The van der Waals surface area contributed by atoms with E-state index in [-0.39, 0.29) is 0 Å². The third-order valence-electron chi connectivity index (χ3n) is 1.64. The molecule has 0 saturated carbocycles. The van der Waals surface area contributed by atoms with E-state index in [1.165, 1.54) is 12.2 Å². The predicted octanol–water partition coefficient (Wildman–Crippen LogP) is 1.89. The summed E-state index contributed by atoms with van der Waals surface area (Å²) in [4.78, 5) is 12.6. The zero-order valence-corrected chi connectivity index (χ0v) is 9.03. The quantitative estimate of drug-likeness (QED) is 0.670. The Morgan fingerprint density at radius 1 is 1.60 bits per heavy atom. The van der Waals surface area contributed by atoms with Crippen LogP contribution >= 0.6 is 0 Å². The molecule has 0 aromatic carbocycles. The maximum absolute atomic E-state index is 12.9. The van der Waals surface area contributed by atoms with Crippen LogP contribution in [0.4, 0.5) is 9.18 Å². The van der Waals surface area contributed by atoms with Crippen molar-refractivity contribution in [1.29, 1.82) is 0 Å². The summed E-state index contributed by atoms with van der Waals surface area (Å²) in [5, 5.41) is 0. The third-order valence-corrected chi connectivity index (χ3v) is 1.64. The van der Waals surface area contributed by atoms with E-state index < -0.39 is 23.7 Å². The van der Waals surface area contributed by atoms with Crippen molar-refractivity contribution in [3.8, 4) is 0 Å². The lowest BCUT2D eigenvalue weighted by atomic mass is 10.2. The smallest absolute Gasteiger partial charge is 0.416 e. The first kappa shape index (κ1) is 11.7. The minimum Gasteiger partial charge on any atom is -0.443 e. The Morgan fingerprint density at radius 2 is 2.20 bits per heavy atom. The van der Waals surface area contributed by atoms with Gasteiger partial charge in [-0.3, -0.25) is 4.90 Å². The number of ether oxygens (including phenoxy) is 1. The Balaban J connectivity index is 2.72. The van der Waals surface area contributed by atoms with Crippen molar-refractivity contribution in [2.24, 2.45) is 5.73 Å². The summed E-state index contributed by atoms with van der Waals surface area (Å²) in [7, 11) is 0. The normalized spacial score (nSPS) is 21.3. The van der Waals surface area contributed by atoms with Gasteiger partial charge in [-0.2, -0.15) is 0 Å². The number of amides is 1. The van der Waals surface area contributed by atoms with Crippen LogP contribution in [0.25, 0.3) is 0 Å². The summed E-state index contributed by atoms with van der Waals surface area (Å²) in [5.74, 6) is -0.525. The van der Waals surface area contributed by atoms with Gasteiger partial charge in [-0.05, 0) is 32.9 Å². The van der Waals surface area contributed by atoms with Crippen molar-refractivity contribution in [3.63, 3.8) is 0 Å². The van der Waals surface area contributed by atoms with E-state index in [9.17, 15) is 9.18 Å². The molecule has 0 radical (unpaired) electrons. The lowest BCUT2D eigenvalue weighted by molar-refractivity contribution is 0.0293. The molecular weight excluding hydrogens is 199 g/mol. The van der Waals surface area contributed by atoms with Crippen LogP contribution in [-0.4, -0.2) is 22.8 Å². The lowest BCUT2D eigenvalue weighted by Crippen LogP contribution is -2.44. The molecule has 0 spiro atoms. The number of carbonyl (C=O) groups is 1. The van der Waals surface area contributed by atoms with Gasteiger partial charge in [0.2, 0.25) is 0 Å². The number of hydrogen-bond acceptors (Lipinski definition) is 3. The van der Waals surface area contributed by atoms with Gasteiger partial charge in [0, 0.05) is 6.20 Å². The van der Waals surface area contributed by atoms with Crippen LogP contribution < -0.4 is 5.73 Å². The molecule has 0 bridgehead atoms. The molecule has 5 heteroatoms. The van der Waals surface area contributed by atoms with Crippen LogP contribution in [0, 0.1) is 0 Å². The molecule has 1 aliphatic heterocycles. The second kappa shape index (κ2) is 4.02. The highest BCUT2D eigenvalue weighted by Crippen LogP contribution is 2.16. The average molecular weight is 214 g/mol. The van der Waals surface area contributed by atoms with Gasteiger partial charge in [0.1, 0.15) is 17.6 Å². The fraction of sp³-hybridized carbons (Fsp3) is 0.500. The first-order chi connectivity index (χ1) is 6.79. The van der Waals surface area contributed by atoms with Crippen molar-refractivity contribution >= 4 is 6.09 Å². The highest BCUT2D eigenvalue weighted by molar-refractivity contribution is 5.70. The number of nitrogens with zero attached hydrogens (tertiary/aromatic N) is 1. The molecule has 1 rings (SSSR count). The van der Waals surface area contributed by atoms with E-state index in [2.05, 4.69) is 0 Å². The van der Waals surface area contributed by atoms with Crippen molar-refractivity contribution < 1.29 is 13.9 Å². The second-order valence-electron chi connectivity index (χ2n) is 4.25. The topological polar surface area (TPSA) is 55.6 Å². The Bertz CT molecular complexity index is 318. The molecule has 1 aliphatic rings. The number of halogens is 1. The van der Waals surface area contributed by atoms with Crippen LogP contribution in [0.1, 0.15) is 20.8 Å². The molecule has 0 saturated heterocycles. The van der Waals surface area contributed by atoms with Crippen LogP contribution in [0.3, 0.4) is 0 Å². The first-order valence-electron chi connectivity index (χ1n) is 4.62. The number of hydrogen-bond donors (Lipinski definition) is 1. The van der Waals surface area contributed by atoms with E-state index in [1.807, 2.05) is 0 Å². The summed E-state index contributed by atoms with van der Waals surface area (Å²) in [5.41, 5.74) is 4.97. The predicted molar refractivity (Wildman–Crippen MR) is 54.4 cm³/mol. The largest absolute Gasteiger partial charge is 0.443 e. The van der Waals surface area contributed by atoms with Crippen LogP contribution in [0.5, 0.6) is 0 Å². The fourth-order valence-electron chi connectivity index (χ4n) is 1.03. The van der Waals surface area contributed by atoms with Crippen molar-refractivity contribution in [2.75, 3.05) is 0 Å². The summed E-state index contributed by atoms with van der Waals surface area (Å²) >= 11 is 0. The standard InChI is InChI=1S/C10H15FN2O2/c1-10(2,3)15-9(14)13-6-7(11)4-5-8(13)12/h4-6,8H,12H2,1-3H3. The summed E-state index contributed by atoms with van der Waals surface area (Å²) < 4.78 is 17.9. The molecule has 84 valence electrons. The van der Waals surface area contributed by atoms with Gasteiger partial charge in [-0.15, -0.1) is 0 Å². The molecule has 1 amide bonds. The minimum absolute atomic E-state index is 0.525. The SMILES string of the molecule is CC(C)(C)OC(=O)N1C=C(F)C=CC1N. The molecule has 0 aliphatic carbocycles. The zero-order chi connectivity index (χ0) is 11.6. The summed E-state index contributed by atoms with van der Waals surface area (Å²) in [6, 6.07) is 0. The van der Waals surface area contributed by atoms with E-state index in [4.69, 9.17) is 10.5 Å². The molecule has 0 aromatic rings. The number of rotatable bonds is 0. The van der Waals surface area contributed by atoms with Crippen molar-refractivity contribution in [1.82, 2.24) is 4.90 Å². The first-order valence-corrected chi connectivity index (χ1v) is 4.62. The van der Waals surface area contributed by atoms with E-state index in [0.29, 0.717) is 0 Å². The van der Waals surface area contributed by atoms with Gasteiger partial charge in [0.05, 0.1) is 0 Å². The van der Waals surface area contributed by atoms with Gasteiger partial charge < -0.3 is 10.5 Å². The molecule has 1 atom stereocenters. The molecule has 2 N–H and O–H groups in total. The van der Waals surface area contributed by atoms with E-state index in [1.54, 1.807) is 20.8 Å². The monoisotopic (exact) mass is 214 g/mol. The van der Waals surface area contributed by atoms with E-state index >= 15 is 0 Å². The second-order valence-corrected chi connectivity index (χ2v) is 4.25. The third kappa shape index (κ3) is 3.36. The van der Waals surface area contributed by atoms with Gasteiger partial charge >= 0.3 is 6.09 Å². The molecule has 1 heterocycles. The molecule has 0 aromatic heterocycles. The molecular formula is C10H15FN2O2. The summed E-state index contributed by atoms with van der Waals surface area (Å²) in [6.07, 6.45) is 2.29. The Labute approximate surface area is 88.2 Å². The highest BCUT2D eigenvalue weighted by atomic mass is 19.1. The number of nitrogens with two attached hydrogens (primary N) is 1. The zero-order valence-electron chi connectivity index (χ0n) is 9.03. The van der Waals surface area contributed by atoms with Gasteiger partial charge in [0.25, 0.3) is 0 Å². The number of allylic oxidation sites excluding steroid dienone is 2. The lowest BCUT2D eigenvalue weighted by Gasteiger charge is -2.29. The van der Waals surface area contributed by atoms with E-state index in [0.717, 1.165) is 11.1 Å². The van der Waals surface area contributed by atoms with Gasteiger partial charge in [-0.25, -0.2) is 9.18 Å². The highest BCUT2D eigenvalue weighted by Gasteiger charge is 2.25. The van der Waals surface area contributed by atoms with Crippen LogP contribution in [-0.2, 0) is 4.74 Å². The Morgan fingerprint density at radius 3 is 2.73 bits per heavy atom. The molecule has 15 heavy (non-hydrogen) atoms. The van der Waals surface area contributed by atoms with Crippen molar-refractivity contribution in [2.45, 2.75) is 32.5 Å². The molecule has 4 nitrogen and oxygen atoms in total. The van der Waals surface area contributed by atoms with Crippen LogP contribution in [0.2, 0.25) is 0 Å². The molecule has 0 fully saturated rings. The fourth-order valence-corrected chi connectivity index (χ4v) is 1.03. The Hall–Kier alpha value is -1.36. The summed E-state index contributed by atoms with van der Waals surface area (Å²) in [6.45, 7) is 5.20. The minimum atomic E-state index is -0.681. The van der Waals surface area contributed by atoms with Gasteiger partial charge in [0.15, 0.2) is 0 Å². The van der Waals surface area contributed by atoms with Crippen LogP contribution in [0.15, 0.2) is 24.2 Å². The maximum Gasteiger partial charge on any atom is 0.416 e.